The van der Waals surface area contributed by atoms with E-state index >= 15 is 0 Å². The highest BCUT2D eigenvalue weighted by Crippen LogP contribution is 2.33. The number of carbonyl (C=O) groups excluding carboxylic acids is 1. The monoisotopic (exact) mass is 580 g/mol. The van der Waals surface area contributed by atoms with Crippen molar-refractivity contribution in [2.75, 3.05) is 61.8 Å². The summed E-state index contributed by atoms with van der Waals surface area (Å²) in [7, 11) is 2.19. The van der Waals surface area contributed by atoms with Crippen LogP contribution in [0.3, 0.4) is 0 Å². The molecule has 1 amide bonds. The minimum Gasteiger partial charge on any atom is -0.370 e. The van der Waals surface area contributed by atoms with Gasteiger partial charge >= 0.3 is 0 Å². The summed E-state index contributed by atoms with van der Waals surface area (Å²) in [6.07, 6.45) is 8.80. The Kier molecular flexibility index (Phi) is 8.48. The molecular formula is C33H37FN8O. The zero-order chi connectivity index (χ0) is 29.8. The van der Waals surface area contributed by atoms with Gasteiger partial charge in [-0.2, -0.15) is 0 Å². The molecule has 0 atom stereocenters. The first kappa shape index (κ1) is 28.6. The lowest BCUT2D eigenvalue weighted by atomic mass is 10.0. The van der Waals surface area contributed by atoms with Gasteiger partial charge in [0.2, 0.25) is 5.91 Å². The number of halogens is 1. The summed E-state index contributed by atoms with van der Waals surface area (Å²) in [4.78, 5) is 28.8. The standard InChI is InChI=1S/C33H37FN8O/c1-3-32(43)38-29-22-26(8-9-30(29)41-15-11-27(12-16-41)40-20-18-39(2)19-21-40)37-31-23-28(10-13-35-31)42-17-14-36-33(42)24-4-6-25(34)7-5-24/h3-10,13-14,17,22-23,27H,1,11-12,15-16,18-21H2,2H3,(H,35,37)(H,38,43). The van der Waals surface area contributed by atoms with Gasteiger partial charge in [0, 0.05) is 81.2 Å². The minimum absolute atomic E-state index is 0.251. The lowest BCUT2D eigenvalue weighted by Gasteiger charge is -2.43. The third kappa shape index (κ3) is 6.60. The highest BCUT2D eigenvalue weighted by molar-refractivity contribution is 6.01. The molecule has 2 aromatic heterocycles. The number of benzene rings is 2. The first-order chi connectivity index (χ1) is 21.0. The third-order valence-electron chi connectivity index (χ3n) is 8.34. The van der Waals surface area contributed by atoms with Gasteiger partial charge in [-0.05, 0) is 74.5 Å². The molecule has 43 heavy (non-hydrogen) atoms. The van der Waals surface area contributed by atoms with Gasteiger partial charge in [0.15, 0.2) is 0 Å². The Balaban J connectivity index is 1.19. The van der Waals surface area contributed by atoms with E-state index < -0.39 is 0 Å². The van der Waals surface area contributed by atoms with Gasteiger partial charge in [0.05, 0.1) is 17.1 Å². The Bertz CT molecular complexity index is 1570. The Morgan fingerprint density at radius 1 is 0.953 bits per heavy atom. The van der Waals surface area contributed by atoms with E-state index in [9.17, 15) is 9.18 Å². The quantitative estimate of drug-likeness (QED) is 0.279. The van der Waals surface area contributed by atoms with Crippen molar-refractivity contribution in [2.45, 2.75) is 18.9 Å². The fourth-order valence-electron chi connectivity index (χ4n) is 5.94. The fraction of sp³-hybridized carbons (Fsp3) is 0.303. The number of anilines is 4. The Labute approximate surface area is 251 Å². The van der Waals surface area contributed by atoms with E-state index in [4.69, 9.17) is 0 Å². The molecule has 2 fully saturated rings. The highest BCUT2D eigenvalue weighted by atomic mass is 19.1. The summed E-state index contributed by atoms with van der Waals surface area (Å²) < 4.78 is 15.4. The fourth-order valence-corrected chi connectivity index (χ4v) is 5.94. The van der Waals surface area contributed by atoms with Crippen LogP contribution in [0.4, 0.5) is 27.3 Å². The van der Waals surface area contributed by atoms with Crippen molar-refractivity contribution in [2.24, 2.45) is 0 Å². The number of hydrogen-bond acceptors (Lipinski definition) is 7. The Morgan fingerprint density at radius 2 is 1.72 bits per heavy atom. The summed E-state index contributed by atoms with van der Waals surface area (Å²) in [5, 5.41) is 6.40. The number of pyridine rings is 1. The van der Waals surface area contributed by atoms with E-state index in [-0.39, 0.29) is 11.7 Å². The SMILES string of the molecule is C=CC(=O)Nc1cc(Nc2cc(-n3ccnc3-c3ccc(F)cc3)ccn2)ccc1N1CCC(N2CCN(C)CC2)CC1. The van der Waals surface area contributed by atoms with Crippen LogP contribution in [0, 0.1) is 5.82 Å². The molecule has 4 heterocycles. The summed E-state index contributed by atoms with van der Waals surface area (Å²) in [6, 6.07) is 16.7. The zero-order valence-electron chi connectivity index (χ0n) is 24.4. The molecule has 4 aromatic rings. The van der Waals surface area contributed by atoms with Crippen molar-refractivity contribution >= 4 is 28.8 Å². The molecule has 2 aliphatic heterocycles. The van der Waals surface area contributed by atoms with Crippen molar-refractivity contribution in [3.05, 3.63) is 91.7 Å². The van der Waals surface area contributed by atoms with E-state index in [1.54, 1.807) is 24.5 Å². The second-order valence-corrected chi connectivity index (χ2v) is 11.1. The molecule has 2 N–H and O–H groups in total. The minimum atomic E-state index is -0.290. The molecular weight excluding hydrogens is 543 g/mol. The molecule has 0 spiro atoms. The number of amides is 1. The molecule has 6 rings (SSSR count). The lowest BCUT2D eigenvalue weighted by Crippen LogP contribution is -2.52. The Morgan fingerprint density at radius 3 is 2.47 bits per heavy atom. The third-order valence-corrected chi connectivity index (χ3v) is 8.34. The first-order valence-corrected chi connectivity index (χ1v) is 14.7. The van der Waals surface area contributed by atoms with Crippen LogP contribution in [-0.2, 0) is 4.79 Å². The van der Waals surface area contributed by atoms with Crippen molar-refractivity contribution < 1.29 is 9.18 Å². The average molecular weight is 581 g/mol. The number of piperazine rings is 1. The first-order valence-electron chi connectivity index (χ1n) is 14.7. The number of hydrogen-bond donors (Lipinski definition) is 2. The number of imidazole rings is 1. The number of nitrogens with one attached hydrogen (secondary N) is 2. The van der Waals surface area contributed by atoms with Crippen LogP contribution < -0.4 is 15.5 Å². The largest absolute Gasteiger partial charge is 0.370 e. The smallest absolute Gasteiger partial charge is 0.247 e. The predicted octanol–water partition coefficient (Wildman–Crippen LogP) is 5.16. The number of nitrogens with zero attached hydrogens (tertiary/aromatic N) is 6. The van der Waals surface area contributed by atoms with Gasteiger partial charge < -0.3 is 20.4 Å². The number of likely N-dealkylation sites (N-methyl/N-ethyl adjacent to an activating group) is 1. The van der Waals surface area contributed by atoms with Crippen LogP contribution in [0.1, 0.15) is 12.8 Å². The molecule has 10 heteroatoms. The molecule has 9 nitrogen and oxygen atoms in total. The van der Waals surface area contributed by atoms with Crippen LogP contribution >= 0.6 is 0 Å². The maximum absolute atomic E-state index is 13.5. The van der Waals surface area contributed by atoms with Crippen molar-refractivity contribution in [1.29, 1.82) is 0 Å². The summed E-state index contributed by atoms with van der Waals surface area (Å²) in [5.41, 5.74) is 4.20. The topological polar surface area (TPSA) is 81.6 Å². The van der Waals surface area contributed by atoms with E-state index in [0.717, 1.165) is 80.4 Å². The second kappa shape index (κ2) is 12.8. The van der Waals surface area contributed by atoms with Crippen LogP contribution in [0.2, 0.25) is 0 Å². The number of carbonyl (C=O) groups is 1. The van der Waals surface area contributed by atoms with Crippen molar-refractivity contribution in [3.63, 3.8) is 0 Å². The van der Waals surface area contributed by atoms with Gasteiger partial charge in [0.1, 0.15) is 17.5 Å². The molecule has 222 valence electrons. The number of piperidine rings is 1. The van der Waals surface area contributed by atoms with Gasteiger partial charge in [-0.15, -0.1) is 0 Å². The summed E-state index contributed by atoms with van der Waals surface area (Å²) >= 11 is 0. The number of aromatic nitrogens is 3. The molecule has 2 aliphatic rings. The van der Waals surface area contributed by atoms with Crippen LogP contribution in [0.25, 0.3) is 17.1 Å². The van der Waals surface area contributed by atoms with E-state index in [0.29, 0.717) is 17.7 Å². The van der Waals surface area contributed by atoms with Crippen LogP contribution in [-0.4, -0.2) is 82.6 Å². The molecule has 0 aliphatic carbocycles. The van der Waals surface area contributed by atoms with Crippen molar-refractivity contribution in [1.82, 2.24) is 24.3 Å². The maximum atomic E-state index is 13.5. The zero-order valence-corrected chi connectivity index (χ0v) is 24.4. The van der Waals surface area contributed by atoms with E-state index in [1.807, 2.05) is 35.0 Å². The molecule has 0 bridgehead atoms. The average Bonchev–Trinajstić information content (AvgIpc) is 3.52. The normalized spacial score (nSPS) is 16.7. The number of rotatable bonds is 8. The van der Waals surface area contributed by atoms with Gasteiger partial charge in [-0.25, -0.2) is 14.4 Å². The van der Waals surface area contributed by atoms with Crippen molar-refractivity contribution in [3.8, 4) is 17.1 Å². The Hall–Kier alpha value is -4.54. The summed E-state index contributed by atoms with van der Waals surface area (Å²) in [6.45, 7) is 10.0. The second-order valence-electron chi connectivity index (χ2n) is 11.1. The van der Waals surface area contributed by atoms with Gasteiger partial charge in [-0.3, -0.25) is 14.3 Å². The molecule has 0 unspecified atom stereocenters. The van der Waals surface area contributed by atoms with Gasteiger partial charge in [0.25, 0.3) is 0 Å². The summed E-state index contributed by atoms with van der Waals surface area (Å²) in [5.74, 6) is 0.798. The molecule has 2 aromatic carbocycles. The maximum Gasteiger partial charge on any atom is 0.247 e. The highest BCUT2D eigenvalue weighted by Gasteiger charge is 2.27. The predicted molar refractivity (Wildman–Crippen MR) is 170 cm³/mol. The van der Waals surface area contributed by atoms with E-state index in [2.05, 4.69) is 55.0 Å². The van der Waals surface area contributed by atoms with Crippen LogP contribution in [0.5, 0.6) is 0 Å². The van der Waals surface area contributed by atoms with Gasteiger partial charge in [-0.1, -0.05) is 6.58 Å². The van der Waals surface area contributed by atoms with Crippen LogP contribution in [0.15, 0.2) is 85.8 Å². The lowest BCUT2D eigenvalue weighted by molar-refractivity contribution is -0.111. The van der Waals surface area contributed by atoms with E-state index in [1.165, 1.54) is 18.2 Å². The molecule has 0 saturated carbocycles. The molecule has 2 saturated heterocycles. The molecule has 0 radical (unpaired) electrons.